The Labute approximate surface area is 133 Å². The van der Waals surface area contributed by atoms with E-state index in [1.165, 1.54) is 0 Å². The van der Waals surface area contributed by atoms with Gasteiger partial charge in [-0.3, -0.25) is 0 Å². The van der Waals surface area contributed by atoms with Crippen LogP contribution in [0.1, 0.15) is 32.1 Å². The van der Waals surface area contributed by atoms with Crippen LogP contribution >= 0.6 is 0 Å². The average molecular weight is 344 g/mol. The van der Waals surface area contributed by atoms with Crippen molar-refractivity contribution in [3.05, 3.63) is 11.3 Å². The third-order valence-corrected chi connectivity index (χ3v) is 5.96. The first-order valence-corrected chi connectivity index (χ1v) is 8.83. The molecule has 4 bridgehead atoms. The van der Waals surface area contributed by atoms with E-state index in [0.717, 1.165) is 32.1 Å². The lowest BCUT2D eigenvalue weighted by Crippen LogP contribution is -2.41. The van der Waals surface area contributed by atoms with Crippen molar-refractivity contribution in [1.29, 1.82) is 0 Å². The quantitative estimate of drug-likeness (QED) is 0.334. The fraction of sp³-hybridized carbons (Fsp3) is 0.625. The van der Waals surface area contributed by atoms with Gasteiger partial charge in [-0.15, -0.1) is 6.42 Å². The van der Waals surface area contributed by atoms with E-state index in [-0.39, 0.29) is 11.8 Å². The van der Waals surface area contributed by atoms with Crippen LogP contribution in [0, 0.1) is 47.9 Å². The third kappa shape index (κ3) is 2.95. The Morgan fingerprint density at radius 1 is 1.09 bits per heavy atom. The van der Waals surface area contributed by atoms with Gasteiger partial charge in [0.2, 0.25) is 0 Å². The summed E-state index contributed by atoms with van der Waals surface area (Å²) in [5.41, 5.74) is -4.87. The van der Waals surface area contributed by atoms with Crippen LogP contribution in [0.5, 0.6) is 0 Å². The highest BCUT2D eigenvalue weighted by Crippen LogP contribution is 2.57. The lowest BCUT2D eigenvalue weighted by Gasteiger charge is -2.51. The molecule has 0 radical (unpaired) electrons. The largest absolute Gasteiger partial charge is 0.534 e. The van der Waals surface area contributed by atoms with Crippen LogP contribution in [0.25, 0.3) is 0 Å². The summed E-state index contributed by atoms with van der Waals surface area (Å²) in [7, 11) is -5.74. The average Bonchev–Trinajstić information content (AvgIpc) is 2.41. The first-order chi connectivity index (χ1) is 10.7. The van der Waals surface area contributed by atoms with Crippen molar-refractivity contribution in [2.75, 3.05) is 0 Å². The van der Waals surface area contributed by atoms with Crippen LogP contribution in [-0.2, 0) is 14.3 Å². The van der Waals surface area contributed by atoms with E-state index in [0.29, 0.717) is 17.4 Å². The number of rotatable bonds is 2. The van der Waals surface area contributed by atoms with Gasteiger partial charge >= 0.3 is 15.6 Å². The molecule has 3 nitrogen and oxygen atoms in total. The van der Waals surface area contributed by atoms with E-state index < -0.39 is 21.4 Å². The highest BCUT2D eigenvalue weighted by Gasteiger charge is 2.51. The minimum absolute atomic E-state index is 0.0526. The molecule has 0 saturated heterocycles. The topological polar surface area (TPSA) is 43.4 Å². The minimum atomic E-state index is -5.74. The van der Waals surface area contributed by atoms with Gasteiger partial charge in [-0.2, -0.15) is 21.6 Å². The Bertz CT molecular complexity index is 714. The molecule has 0 unspecified atom stereocenters. The Morgan fingerprint density at radius 3 is 2.04 bits per heavy atom. The summed E-state index contributed by atoms with van der Waals surface area (Å²) >= 11 is 0. The van der Waals surface area contributed by atoms with Crippen LogP contribution in [0.15, 0.2) is 11.3 Å². The first kappa shape index (κ1) is 16.3. The van der Waals surface area contributed by atoms with Crippen molar-refractivity contribution in [3.8, 4) is 24.2 Å². The lowest BCUT2D eigenvalue weighted by atomic mass is 9.54. The molecule has 0 aliphatic heterocycles. The van der Waals surface area contributed by atoms with Crippen molar-refractivity contribution >= 4 is 10.1 Å². The van der Waals surface area contributed by atoms with Gasteiger partial charge in [0.1, 0.15) is 0 Å². The smallest absolute Gasteiger partial charge is 0.367 e. The highest BCUT2D eigenvalue weighted by molar-refractivity contribution is 7.87. The van der Waals surface area contributed by atoms with Crippen LogP contribution in [0.3, 0.4) is 0 Å². The number of allylic oxidation sites excluding steroid dienone is 2. The fourth-order valence-electron chi connectivity index (χ4n) is 4.45. The van der Waals surface area contributed by atoms with Gasteiger partial charge < -0.3 is 4.18 Å². The van der Waals surface area contributed by atoms with Crippen molar-refractivity contribution < 1.29 is 25.8 Å². The zero-order valence-corrected chi connectivity index (χ0v) is 13.0. The molecule has 0 aromatic rings. The predicted molar refractivity (Wildman–Crippen MR) is 76.7 cm³/mol. The zero-order valence-electron chi connectivity index (χ0n) is 12.2. The maximum absolute atomic E-state index is 12.6. The van der Waals surface area contributed by atoms with Gasteiger partial charge in [-0.25, -0.2) is 0 Å². The molecule has 0 atom stereocenters. The molecule has 0 aromatic heterocycles. The summed E-state index contributed by atoms with van der Waals surface area (Å²) in [6, 6.07) is 0. The molecule has 4 saturated carbocycles. The molecule has 4 aliphatic carbocycles. The van der Waals surface area contributed by atoms with Gasteiger partial charge in [0.25, 0.3) is 0 Å². The molecular weight excluding hydrogens is 329 g/mol. The third-order valence-electron chi connectivity index (χ3n) is 5.00. The first-order valence-electron chi connectivity index (χ1n) is 7.42. The number of hydrogen-bond acceptors (Lipinski definition) is 3. The molecule has 7 heteroatoms. The van der Waals surface area contributed by atoms with Crippen LogP contribution < -0.4 is 0 Å². The molecule has 4 aliphatic rings. The summed E-state index contributed by atoms with van der Waals surface area (Å²) in [6.45, 7) is 0. The molecular formula is C16H15F3O3S. The predicted octanol–water partition coefficient (Wildman–Crippen LogP) is 3.20. The summed E-state index contributed by atoms with van der Waals surface area (Å²) < 4.78 is 65.0. The number of hydrogen-bond donors (Lipinski definition) is 0. The molecule has 4 rings (SSSR count). The lowest BCUT2D eigenvalue weighted by molar-refractivity contribution is -0.0522. The second-order valence-electron chi connectivity index (χ2n) is 6.47. The van der Waals surface area contributed by atoms with E-state index >= 15 is 0 Å². The monoisotopic (exact) mass is 344 g/mol. The molecule has 23 heavy (non-hydrogen) atoms. The van der Waals surface area contributed by atoms with Crippen molar-refractivity contribution in [2.45, 2.75) is 37.6 Å². The molecule has 4 fully saturated rings. The summed E-state index contributed by atoms with van der Waals surface area (Å²) in [5.74, 6) is 7.35. The van der Waals surface area contributed by atoms with Crippen molar-refractivity contribution in [1.82, 2.24) is 0 Å². The van der Waals surface area contributed by atoms with Crippen LogP contribution in [0.4, 0.5) is 13.2 Å². The Balaban J connectivity index is 2.01. The van der Waals surface area contributed by atoms with E-state index in [1.807, 2.05) is 5.92 Å². The molecule has 124 valence electrons. The Hall–Kier alpha value is -1.60. The zero-order chi connectivity index (χ0) is 16.8. The van der Waals surface area contributed by atoms with Gasteiger partial charge in [0.15, 0.2) is 5.76 Å². The summed E-state index contributed by atoms with van der Waals surface area (Å²) in [4.78, 5) is 0. The van der Waals surface area contributed by atoms with Gasteiger partial charge in [0.05, 0.1) is 0 Å². The second kappa shape index (κ2) is 5.49. The minimum Gasteiger partial charge on any atom is -0.367 e. The van der Waals surface area contributed by atoms with E-state index in [4.69, 9.17) is 6.42 Å². The molecule has 0 N–H and O–H groups in total. The maximum Gasteiger partial charge on any atom is 0.534 e. The molecule has 0 spiro atoms. The standard InChI is InChI=1S/C16H15F3O3S/c1-2-3-4-14(22-23(20,21)16(17,18)19)15-12-6-10-5-11(8-12)9-13(15)7-10/h1,10-13H,5-9H2. The Morgan fingerprint density at radius 2 is 1.61 bits per heavy atom. The van der Waals surface area contributed by atoms with Gasteiger partial charge in [-0.1, -0.05) is 0 Å². The van der Waals surface area contributed by atoms with Crippen LogP contribution in [0.2, 0.25) is 0 Å². The second-order valence-corrected chi connectivity index (χ2v) is 8.00. The maximum atomic E-state index is 12.6. The van der Waals surface area contributed by atoms with Crippen molar-refractivity contribution in [3.63, 3.8) is 0 Å². The fourth-order valence-corrected chi connectivity index (χ4v) is 4.91. The summed E-state index contributed by atoms with van der Waals surface area (Å²) in [5, 5.41) is 0. The van der Waals surface area contributed by atoms with E-state index in [2.05, 4.69) is 16.0 Å². The number of terminal acetylenes is 1. The van der Waals surface area contributed by atoms with Crippen LogP contribution in [-0.4, -0.2) is 13.9 Å². The molecule has 0 heterocycles. The van der Waals surface area contributed by atoms with Gasteiger partial charge in [-0.05, 0) is 79.1 Å². The van der Waals surface area contributed by atoms with E-state index in [1.54, 1.807) is 0 Å². The highest BCUT2D eigenvalue weighted by atomic mass is 32.2. The van der Waals surface area contributed by atoms with E-state index in [9.17, 15) is 21.6 Å². The van der Waals surface area contributed by atoms with Gasteiger partial charge in [0, 0.05) is 0 Å². The molecule has 0 aromatic carbocycles. The Kier molecular flexibility index (Phi) is 3.88. The van der Waals surface area contributed by atoms with Crippen molar-refractivity contribution in [2.24, 2.45) is 23.7 Å². The number of halogens is 3. The normalized spacial score (nSPS) is 32.0. The number of alkyl halides is 3. The summed E-state index contributed by atoms with van der Waals surface area (Å²) in [6.07, 6.45) is 9.63. The molecule has 0 amide bonds. The SMILES string of the molecule is C#CC#CC(OS(=O)(=O)C(F)(F)F)=C1C2CC3CC(C2)CC1C3.